The minimum absolute atomic E-state index is 0.0331. The molecule has 4 nitrogen and oxygen atoms in total. The zero-order chi connectivity index (χ0) is 16.4. The van der Waals surface area contributed by atoms with Crippen LogP contribution in [0.25, 0.3) is 0 Å². The molecule has 0 saturated heterocycles. The van der Waals surface area contributed by atoms with Gasteiger partial charge in [0, 0.05) is 0 Å². The van der Waals surface area contributed by atoms with Gasteiger partial charge in [-0.05, 0) is 41.5 Å². The van der Waals surface area contributed by atoms with Crippen LogP contribution in [0.4, 0.5) is 0 Å². The van der Waals surface area contributed by atoms with Gasteiger partial charge in [-0.1, -0.05) is 0 Å². The van der Waals surface area contributed by atoms with Gasteiger partial charge < -0.3 is 13.7 Å². The van der Waals surface area contributed by atoms with Gasteiger partial charge in [0.15, 0.2) is 0 Å². The van der Waals surface area contributed by atoms with Gasteiger partial charge in [-0.15, -0.1) is 0 Å². The van der Waals surface area contributed by atoms with E-state index in [9.17, 15) is 4.79 Å². The fourth-order valence-corrected chi connectivity index (χ4v) is 3.04. The van der Waals surface area contributed by atoms with Crippen molar-refractivity contribution < 1.29 is 18.5 Å². The molecule has 0 unspecified atom stereocenters. The molecule has 0 rings (SSSR count). The van der Waals surface area contributed by atoms with Gasteiger partial charge in [-0.3, -0.25) is 4.79 Å². The summed E-state index contributed by atoms with van der Waals surface area (Å²) in [7, 11) is 0. The molecule has 0 fully saturated rings. The van der Waals surface area contributed by atoms with Crippen molar-refractivity contribution in [3.8, 4) is 0 Å². The molecule has 0 saturated carbocycles. The summed E-state index contributed by atoms with van der Waals surface area (Å²) in [5.74, 6) is -0.0331. The summed E-state index contributed by atoms with van der Waals surface area (Å²) in [6.45, 7) is 22.2. The van der Waals surface area contributed by atoms with E-state index in [-0.39, 0.29) is 5.97 Å². The van der Waals surface area contributed by atoms with E-state index in [1.54, 1.807) is 0 Å². The molecule has 4 heteroatoms. The summed E-state index contributed by atoms with van der Waals surface area (Å²) in [4.78, 5) is 11.9. The number of likely N-dealkylation sites (N-methyl/N-ethyl adjacent to an activating group) is 1. The quantitative estimate of drug-likeness (QED) is 0.409. The summed E-state index contributed by atoms with van der Waals surface area (Å²) in [6.07, 6.45) is 0.542. The Hall–Kier alpha value is -0.610. The standard InChI is InChI=1S/C17H38N2O2/c1-7-18(8-2,9-3)14-13-17(20)21-16-15-19(10-4,11-5)12-6/h7-16H2,1-6H3/q+2. The van der Waals surface area contributed by atoms with Crippen molar-refractivity contribution >= 4 is 5.97 Å². The number of esters is 1. The second-order valence-corrected chi connectivity index (χ2v) is 6.00. The highest BCUT2D eigenvalue weighted by Gasteiger charge is 2.24. The van der Waals surface area contributed by atoms with Crippen molar-refractivity contribution in [2.75, 3.05) is 59.0 Å². The lowest BCUT2D eigenvalue weighted by Gasteiger charge is -2.36. The topological polar surface area (TPSA) is 26.3 Å². The summed E-state index contributed by atoms with van der Waals surface area (Å²) >= 11 is 0. The number of carbonyl (C=O) groups is 1. The summed E-state index contributed by atoms with van der Waals surface area (Å²) in [5, 5.41) is 0. The number of carbonyl (C=O) groups excluding carboxylic acids is 1. The number of hydrogen-bond donors (Lipinski definition) is 0. The van der Waals surface area contributed by atoms with Gasteiger partial charge in [-0.25, -0.2) is 0 Å². The second-order valence-electron chi connectivity index (χ2n) is 6.00. The van der Waals surface area contributed by atoms with Crippen molar-refractivity contribution in [1.82, 2.24) is 0 Å². The van der Waals surface area contributed by atoms with Crippen LogP contribution in [0.3, 0.4) is 0 Å². The van der Waals surface area contributed by atoms with E-state index < -0.39 is 0 Å². The van der Waals surface area contributed by atoms with E-state index in [4.69, 9.17) is 4.74 Å². The highest BCUT2D eigenvalue weighted by Crippen LogP contribution is 2.09. The van der Waals surface area contributed by atoms with E-state index in [1.165, 1.54) is 0 Å². The van der Waals surface area contributed by atoms with Crippen LogP contribution in [0, 0.1) is 0 Å². The Morgan fingerprint density at radius 2 is 1.10 bits per heavy atom. The maximum absolute atomic E-state index is 11.9. The summed E-state index contributed by atoms with van der Waals surface area (Å²) < 4.78 is 7.51. The highest BCUT2D eigenvalue weighted by molar-refractivity contribution is 5.69. The predicted molar refractivity (Wildman–Crippen MR) is 89.1 cm³/mol. The molecule has 21 heavy (non-hydrogen) atoms. The Morgan fingerprint density at radius 1 is 0.714 bits per heavy atom. The van der Waals surface area contributed by atoms with E-state index in [2.05, 4.69) is 41.5 Å². The van der Waals surface area contributed by atoms with E-state index in [0.717, 1.165) is 61.3 Å². The molecule has 0 aliphatic heterocycles. The summed E-state index contributed by atoms with van der Waals surface area (Å²) in [5.41, 5.74) is 0. The monoisotopic (exact) mass is 302 g/mol. The van der Waals surface area contributed by atoms with Crippen molar-refractivity contribution in [1.29, 1.82) is 0 Å². The van der Waals surface area contributed by atoms with Crippen molar-refractivity contribution in [2.24, 2.45) is 0 Å². The highest BCUT2D eigenvalue weighted by atomic mass is 16.5. The van der Waals surface area contributed by atoms with Gasteiger partial charge in [0.05, 0.1) is 52.2 Å². The Balaban J connectivity index is 4.17. The zero-order valence-corrected chi connectivity index (χ0v) is 15.3. The third-order valence-electron chi connectivity index (χ3n) is 5.64. The third kappa shape index (κ3) is 6.35. The third-order valence-corrected chi connectivity index (χ3v) is 5.64. The molecule has 0 N–H and O–H groups in total. The van der Waals surface area contributed by atoms with Gasteiger partial charge in [0.2, 0.25) is 0 Å². The van der Waals surface area contributed by atoms with Crippen LogP contribution in [-0.4, -0.2) is 73.9 Å². The largest absolute Gasteiger partial charge is 0.460 e. The van der Waals surface area contributed by atoms with Crippen LogP contribution in [-0.2, 0) is 9.53 Å². The molecule has 126 valence electrons. The molecule has 0 radical (unpaired) electrons. The van der Waals surface area contributed by atoms with E-state index in [1.807, 2.05) is 0 Å². The fourth-order valence-electron chi connectivity index (χ4n) is 3.04. The first-order valence-electron chi connectivity index (χ1n) is 8.82. The van der Waals surface area contributed by atoms with Gasteiger partial charge in [0.25, 0.3) is 0 Å². The van der Waals surface area contributed by atoms with Crippen molar-refractivity contribution in [3.05, 3.63) is 0 Å². The molecule has 0 aromatic carbocycles. The zero-order valence-electron chi connectivity index (χ0n) is 15.3. The van der Waals surface area contributed by atoms with Crippen LogP contribution in [0.15, 0.2) is 0 Å². The smallest absolute Gasteiger partial charge is 0.311 e. The van der Waals surface area contributed by atoms with Crippen LogP contribution in [0.1, 0.15) is 48.0 Å². The Labute approximate surface area is 132 Å². The van der Waals surface area contributed by atoms with Gasteiger partial charge in [-0.2, -0.15) is 0 Å². The molecule has 0 aliphatic rings. The molecular formula is C17H38N2O2+2. The van der Waals surface area contributed by atoms with Crippen LogP contribution in [0.5, 0.6) is 0 Å². The Kier molecular flexibility index (Phi) is 9.88. The van der Waals surface area contributed by atoms with Gasteiger partial charge >= 0.3 is 5.97 Å². The summed E-state index contributed by atoms with van der Waals surface area (Å²) in [6, 6.07) is 0. The lowest BCUT2D eigenvalue weighted by molar-refractivity contribution is -0.923. The molecular weight excluding hydrogens is 264 g/mol. The predicted octanol–water partition coefficient (Wildman–Crippen LogP) is 2.67. The first-order chi connectivity index (χ1) is 9.96. The molecule has 0 aromatic rings. The Bertz CT molecular complexity index is 268. The first kappa shape index (κ1) is 20.4. The number of hydrogen-bond acceptors (Lipinski definition) is 2. The number of quaternary nitrogens is 2. The average Bonchev–Trinajstić information content (AvgIpc) is 2.54. The molecule has 0 aliphatic carbocycles. The SMILES string of the molecule is CC[N+](CC)(CC)CCOC(=O)CC[N+](CC)(CC)CC. The second kappa shape index (κ2) is 10.2. The molecule has 0 heterocycles. The fraction of sp³-hybridized carbons (Fsp3) is 0.941. The molecule has 0 atom stereocenters. The van der Waals surface area contributed by atoms with Crippen molar-refractivity contribution in [2.45, 2.75) is 48.0 Å². The Morgan fingerprint density at radius 3 is 1.48 bits per heavy atom. The maximum Gasteiger partial charge on any atom is 0.311 e. The lowest BCUT2D eigenvalue weighted by Crippen LogP contribution is -2.50. The minimum atomic E-state index is -0.0331. The number of ether oxygens (including phenoxy) is 1. The minimum Gasteiger partial charge on any atom is -0.460 e. The van der Waals surface area contributed by atoms with Crippen LogP contribution in [0.2, 0.25) is 0 Å². The lowest BCUT2D eigenvalue weighted by atomic mass is 10.3. The molecule has 0 bridgehead atoms. The molecule has 0 aromatic heterocycles. The average molecular weight is 303 g/mol. The van der Waals surface area contributed by atoms with Crippen LogP contribution >= 0.6 is 0 Å². The van der Waals surface area contributed by atoms with Crippen molar-refractivity contribution in [3.63, 3.8) is 0 Å². The molecule has 0 spiro atoms. The normalized spacial score (nSPS) is 12.5. The van der Waals surface area contributed by atoms with E-state index >= 15 is 0 Å². The number of rotatable bonds is 12. The number of nitrogens with zero attached hydrogens (tertiary/aromatic N) is 2. The van der Waals surface area contributed by atoms with Gasteiger partial charge in [0.1, 0.15) is 13.2 Å². The maximum atomic E-state index is 11.9. The van der Waals surface area contributed by atoms with E-state index in [0.29, 0.717) is 13.0 Å². The molecule has 0 amide bonds. The van der Waals surface area contributed by atoms with Crippen LogP contribution < -0.4 is 0 Å². The first-order valence-corrected chi connectivity index (χ1v) is 8.82.